The van der Waals surface area contributed by atoms with E-state index in [9.17, 15) is 9.90 Å². The Labute approximate surface area is 167 Å². The molecule has 0 heterocycles. The summed E-state index contributed by atoms with van der Waals surface area (Å²) >= 11 is 0. The van der Waals surface area contributed by atoms with Crippen molar-refractivity contribution in [1.82, 2.24) is 10.2 Å². The molecule has 0 atom stereocenters. The molecular formula is C22H30N2O4. The molecule has 6 nitrogen and oxygen atoms in total. The van der Waals surface area contributed by atoms with Gasteiger partial charge in [-0.2, -0.15) is 0 Å². The first-order chi connectivity index (χ1) is 13.5. The maximum absolute atomic E-state index is 12.3. The van der Waals surface area contributed by atoms with Crippen molar-refractivity contribution in [1.29, 1.82) is 0 Å². The zero-order valence-electron chi connectivity index (χ0n) is 17.1. The summed E-state index contributed by atoms with van der Waals surface area (Å²) in [7, 11) is 1.60. The quantitative estimate of drug-likeness (QED) is 0.655. The lowest BCUT2D eigenvalue weighted by Crippen LogP contribution is -2.28. The second-order valence-electron chi connectivity index (χ2n) is 6.56. The number of hydrogen-bond acceptors (Lipinski definition) is 5. The van der Waals surface area contributed by atoms with Gasteiger partial charge >= 0.3 is 0 Å². The third-order valence-corrected chi connectivity index (χ3v) is 4.64. The van der Waals surface area contributed by atoms with Crippen molar-refractivity contribution in [2.45, 2.75) is 27.3 Å². The number of methoxy groups -OCH3 is 1. The Bertz CT molecular complexity index is 788. The van der Waals surface area contributed by atoms with Crippen molar-refractivity contribution in [2.24, 2.45) is 0 Å². The molecule has 2 aromatic carbocycles. The third-order valence-electron chi connectivity index (χ3n) is 4.64. The van der Waals surface area contributed by atoms with Gasteiger partial charge < -0.3 is 24.8 Å². The number of ether oxygens (including phenoxy) is 2. The fourth-order valence-corrected chi connectivity index (χ4v) is 2.88. The molecule has 0 aliphatic heterocycles. The predicted molar refractivity (Wildman–Crippen MR) is 110 cm³/mol. The minimum atomic E-state index is -0.323. The van der Waals surface area contributed by atoms with Crippen LogP contribution in [0.15, 0.2) is 36.4 Å². The van der Waals surface area contributed by atoms with Gasteiger partial charge in [0.1, 0.15) is 12.4 Å². The molecule has 2 N–H and O–H groups in total. The van der Waals surface area contributed by atoms with Gasteiger partial charge in [-0.25, -0.2) is 0 Å². The summed E-state index contributed by atoms with van der Waals surface area (Å²) in [5.41, 5.74) is 2.04. The van der Waals surface area contributed by atoms with Gasteiger partial charge in [-0.15, -0.1) is 0 Å². The van der Waals surface area contributed by atoms with Crippen molar-refractivity contribution < 1.29 is 19.4 Å². The molecule has 0 aliphatic carbocycles. The van der Waals surface area contributed by atoms with E-state index in [4.69, 9.17) is 9.47 Å². The zero-order chi connectivity index (χ0) is 20.5. The van der Waals surface area contributed by atoms with E-state index in [1.54, 1.807) is 25.3 Å². The van der Waals surface area contributed by atoms with Crippen LogP contribution in [0, 0.1) is 6.92 Å². The summed E-state index contributed by atoms with van der Waals surface area (Å²) in [6.45, 7) is 9.86. The Morgan fingerprint density at radius 1 is 1.11 bits per heavy atom. The Balaban J connectivity index is 1.96. The van der Waals surface area contributed by atoms with E-state index in [1.807, 2.05) is 25.1 Å². The Kier molecular flexibility index (Phi) is 8.14. The van der Waals surface area contributed by atoms with Crippen LogP contribution in [0.4, 0.5) is 0 Å². The summed E-state index contributed by atoms with van der Waals surface area (Å²) in [4.78, 5) is 14.6. The summed E-state index contributed by atoms with van der Waals surface area (Å²) in [5, 5.41) is 12.8. The number of aromatic hydroxyl groups is 1. The van der Waals surface area contributed by atoms with E-state index in [1.165, 1.54) is 0 Å². The van der Waals surface area contributed by atoms with Gasteiger partial charge in [0, 0.05) is 13.1 Å². The number of likely N-dealkylation sites (N-methyl/N-ethyl adjacent to an activating group) is 1. The van der Waals surface area contributed by atoms with Crippen molar-refractivity contribution in [3.63, 3.8) is 0 Å². The lowest BCUT2D eigenvalue weighted by atomic mass is 10.1. The average Bonchev–Trinajstić information content (AvgIpc) is 2.69. The monoisotopic (exact) mass is 386 g/mol. The van der Waals surface area contributed by atoms with Gasteiger partial charge in [0.15, 0.2) is 11.5 Å². The molecule has 2 aromatic rings. The molecule has 0 aliphatic rings. The highest BCUT2D eigenvalue weighted by Crippen LogP contribution is 2.28. The molecule has 0 fully saturated rings. The van der Waals surface area contributed by atoms with E-state index >= 15 is 0 Å². The van der Waals surface area contributed by atoms with Crippen LogP contribution in [-0.2, 0) is 6.54 Å². The SMILES string of the molecule is CCN(CC)CCOc1ccc(CNC(=O)c2ccc(C)cc2O)cc1OC. The van der Waals surface area contributed by atoms with Crippen LogP contribution in [0.2, 0.25) is 0 Å². The highest BCUT2D eigenvalue weighted by Gasteiger charge is 2.12. The van der Waals surface area contributed by atoms with E-state index in [-0.39, 0.29) is 17.2 Å². The molecule has 28 heavy (non-hydrogen) atoms. The van der Waals surface area contributed by atoms with Crippen LogP contribution in [0.1, 0.15) is 35.3 Å². The Morgan fingerprint density at radius 2 is 1.86 bits per heavy atom. The second-order valence-corrected chi connectivity index (χ2v) is 6.56. The maximum atomic E-state index is 12.3. The molecule has 6 heteroatoms. The molecule has 0 unspecified atom stereocenters. The largest absolute Gasteiger partial charge is 0.507 e. The van der Waals surface area contributed by atoms with Gasteiger partial charge in [0.2, 0.25) is 0 Å². The highest BCUT2D eigenvalue weighted by molar-refractivity contribution is 5.96. The molecular weight excluding hydrogens is 356 g/mol. The normalized spacial score (nSPS) is 10.8. The number of phenols is 1. The van der Waals surface area contributed by atoms with Crippen molar-refractivity contribution >= 4 is 5.91 Å². The van der Waals surface area contributed by atoms with Gasteiger partial charge in [0.05, 0.1) is 12.7 Å². The van der Waals surface area contributed by atoms with Crippen LogP contribution in [-0.4, -0.2) is 49.3 Å². The number of benzene rings is 2. The average molecular weight is 386 g/mol. The van der Waals surface area contributed by atoms with Gasteiger partial charge in [0.25, 0.3) is 5.91 Å². The fourth-order valence-electron chi connectivity index (χ4n) is 2.88. The first-order valence-corrected chi connectivity index (χ1v) is 9.58. The minimum absolute atomic E-state index is 0.0213. The number of rotatable bonds is 10. The number of hydrogen-bond donors (Lipinski definition) is 2. The first-order valence-electron chi connectivity index (χ1n) is 9.58. The smallest absolute Gasteiger partial charge is 0.255 e. The standard InChI is InChI=1S/C22H30N2O4/c1-5-24(6-2)11-12-28-20-10-8-17(14-21(20)27-4)15-23-22(26)18-9-7-16(3)13-19(18)25/h7-10,13-14,25H,5-6,11-12,15H2,1-4H3,(H,23,26). The van der Waals surface area contributed by atoms with Crippen LogP contribution in [0.3, 0.4) is 0 Å². The fraction of sp³-hybridized carbons (Fsp3) is 0.409. The van der Waals surface area contributed by atoms with Crippen molar-refractivity contribution in [2.75, 3.05) is 33.4 Å². The minimum Gasteiger partial charge on any atom is -0.507 e. The number of aryl methyl sites for hydroxylation is 1. The highest BCUT2D eigenvalue weighted by atomic mass is 16.5. The summed E-state index contributed by atoms with van der Waals surface area (Å²) < 4.78 is 11.3. The number of phenolic OH excluding ortho intramolecular Hbond substituents is 1. The summed E-state index contributed by atoms with van der Waals surface area (Å²) in [6.07, 6.45) is 0. The van der Waals surface area contributed by atoms with Gasteiger partial charge in [-0.3, -0.25) is 4.79 Å². The number of carbonyl (C=O) groups is 1. The summed E-state index contributed by atoms with van der Waals surface area (Å²) in [6, 6.07) is 10.6. The molecule has 0 saturated heterocycles. The molecule has 0 saturated carbocycles. The van der Waals surface area contributed by atoms with E-state index in [0.29, 0.717) is 24.7 Å². The number of carbonyl (C=O) groups excluding carboxylic acids is 1. The zero-order valence-corrected chi connectivity index (χ0v) is 17.1. The molecule has 1 amide bonds. The number of nitrogens with one attached hydrogen (secondary N) is 1. The van der Waals surface area contributed by atoms with Gasteiger partial charge in [-0.05, 0) is 55.4 Å². The number of amides is 1. The topological polar surface area (TPSA) is 71.0 Å². The summed E-state index contributed by atoms with van der Waals surface area (Å²) in [5.74, 6) is 0.966. The van der Waals surface area contributed by atoms with Crippen molar-refractivity contribution in [3.05, 3.63) is 53.1 Å². The first kappa shape index (κ1) is 21.6. The van der Waals surface area contributed by atoms with E-state index in [2.05, 4.69) is 24.1 Å². The Morgan fingerprint density at radius 3 is 2.50 bits per heavy atom. The van der Waals surface area contributed by atoms with Crippen molar-refractivity contribution in [3.8, 4) is 17.2 Å². The predicted octanol–water partition coefficient (Wildman–Crippen LogP) is 3.36. The molecule has 0 radical (unpaired) electrons. The van der Waals surface area contributed by atoms with Crippen LogP contribution >= 0.6 is 0 Å². The van der Waals surface area contributed by atoms with Crippen LogP contribution in [0.25, 0.3) is 0 Å². The molecule has 2 rings (SSSR count). The van der Waals surface area contributed by atoms with Crippen LogP contribution < -0.4 is 14.8 Å². The van der Waals surface area contributed by atoms with Gasteiger partial charge in [-0.1, -0.05) is 26.0 Å². The second kappa shape index (κ2) is 10.6. The number of nitrogens with zero attached hydrogens (tertiary/aromatic N) is 1. The molecule has 0 bridgehead atoms. The third kappa shape index (κ3) is 5.89. The van der Waals surface area contributed by atoms with E-state index in [0.717, 1.165) is 30.8 Å². The molecule has 0 aromatic heterocycles. The maximum Gasteiger partial charge on any atom is 0.255 e. The molecule has 152 valence electrons. The lowest BCUT2D eigenvalue weighted by molar-refractivity contribution is 0.0948. The lowest BCUT2D eigenvalue weighted by Gasteiger charge is -2.19. The molecule has 0 spiro atoms. The van der Waals surface area contributed by atoms with E-state index < -0.39 is 0 Å². The van der Waals surface area contributed by atoms with Crippen LogP contribution in [0.5, 0.6) is 17.2 Å². The Hall–Kier alpha value is -2.73.